The van der Waals surface area contributed by atoms with E-state index < -0.39 is 17.5 Å². The average molecular weight is 300 g/mol. The number of aliphatic hydroxyl groups is 1. The maximum Gasteiger partial charge on any atom is 0.212 e. The van der Waals surface area contributed by atoms with Crippen LogP contribution in [0.2, 0.25) is 0 Å². The SMILES string of the molecule is COC1(C(C)=O)C2=C(C=CC1O)C(=O)c1ccccc1CO2. The monoisotopic (exact) mass is 300 g/mol. The molecule has 1 aromatic rings. The van der Waals surface area contributed by atoms with Crippen LogP contribution in [0.5, 0.6) is 0 Å². The summed E-state index contributed by atoms with van der Waals surface area (Å²) in [5.74, 6) is -0.578. The molecule has 0 radical (unpaired) electrons. The van der Waals surface area contributed by atoms with Gasteiger partial charge in [-0.1, -0.05) is 30.3 Å². The van der Waals surface area contributed by atoms with Crippen molar-refractivity contribution in [1.82, 2.24) is 0 Å². The lowest BCUT2D eigenvalue weighted by Crippen LogP contribution is -2.53. The lowest BCUT2D eigenvalue weighted by molar-refractivity contribution is -0.151. The standard InChI is InChI=1S/C17H16O5/c1-10(18)17(21-2)14(19)8-7-13-15(20)12-6-4-3-5-11(12)9-22-16(13)17/h3-8,14,19H,9H2,1-2H3. The van der Waals surface area contributed by atoms with Crippen molar-refractivity contribution in [2.75, 3.05) is 7.11 Å². The van der Waals surface area contributed by atoms with Gasteiger partial charge in [0.1, 0.15) is 12.7 Å². The minimum Gasteiger partial charge on any atom is -0.489 e. The molecule has 1 aliphatic heterocycles. The van der Waals surface area contributed by atoms with Crippen molar-refractivity contribution in [3.05, 3.63) is 58.9 Å². The highest BCUT2D eigenvalue weighted by Crippen LogP contribution is 2.38. The van der Waals surface area contributed by atoms with Gasteiger partial charge in [-0.05, 0) is 13.0 Å². The first-order chi connectivity index (χ1) is 10.5. The van der Waals surface area contributed by atoms with Crippen LogP contribution in [-0.2, 0) is 20.9 Å². The van der Waals surface area contributed by atoms with Crippen LogP contribution in [-0.4, -0.2) is 35.5 Å². The van der Waals surface area contributed by atoms with Crippen LogP contribution in [0.25, 0.3) is 0 Å². The van der Waals surface area contributed by atoms with Crippen LogP contribution < -0.4 is 0 Å². The smallest absolute Gasteiger partial charge is 0.212 e. The maximum atomic E-state index is 12.8. The number of aliphatic hydroxyl groups excluding tert-OH is 1. The fourth-order valence-electron chi connectivity index (χ4n) is 2.98. The number of ketones is 2. The zero-order chi connectivity index (χ0) is 15.9. The summed E-state index contributed by atoms with van der Waals surface area (Å²) in [5, 5.41) is 10.3. The van der Waals surface area contributed by atoms with Gasteiger partial charge in [0.05, 0.1) is 5.57 Å². The largest absolute Gasteiger partial charge is 0.489 e. The van der Waals surface area contributed by atoms with Crippen molar-refractivity contribution in [3.8, 4) is 0 Å². The summed E-state index contributed by atoms with van der Waals surface area (Å²) in [7, 11) is 1.32. The number of rotatable bonds is 2. The Balaban J connectivity index is 2.21. The summed E-state index contributed by atoms with van der Waals surface area (Å²) in [5.41, 5.74) is -0.172. The number of benzene rings is 1. The van der Waals surface area contributed by atoms with Crippen molar-refractivity contribution in [1.29, 1.82) is 0 Å². The number of carbonyl (C=O) groups is 2. The highest BCUT2D eigenvalue weighted by Gasteiger charge is 2.51. The summed E-state index contributed by atoms with van der Waals surface area (Å²) in [4.78, 5) is 24.9. The van der Waals surface area contributed by atoms with E-state index in [1.165, 1.54) is 26.2 Å². The van der Waals surface area contributed by atoms with Crippen LogP contribution >= 0.6 is 0 Å². The molecule has 22 heavy (non-hydrogen) atoms. The lowest BCUT2D eigenvalue weighted by Gasteiger charge is -2.37. The minimum absolute atomic E-state index is 0.0821. The molecule has 114 valence electrons. The average Bonchev–Trinajstić information content (AvgIpc) is 2.65. The molecule has 1 N–H and O–H groups in total. The highest BCUT2D eigenvalue weighted by molar-refractivity contribution is 6.13. The molecule has 2 atom stereocenters. The van der Waals surface area contributed by atoms with Gasteiger partial charge in [-0.15, -0.1) is 0 Å². The molecule has 1 aromatic carbocycles. The van der Waals surface area contributed by atoms with Crippen LogP contribution in [0.3, 0.4) is 0 Å². The third kappa shape index (κ3) is 1.86. The van der Waals surface area contributed by atoms with Crippen molar-refractivity contribution >= 4 is 11.6 Å². The second-order valence-corrected chi connectivity index (χ2v) is 5.32. The molecule has 0 aromatic heterocycles. The van der Waals surface area contributed by atoms with E-state index in [9.17, 15) is 14.7 Å². The van der Waals surface area contributed by atoms with E-state index in [0.29, 0.717) is 5.56 Å². The van der Waals surface area contributed by atoms with E-state index in [4.69, 9.17) is 9.47 Å². The first kappa shape index (κ1) is 14.7. The van der Waals surface area contributed by atoms with Crippen LogP contribution in [0.15, 0.2) is 47.7 Å². The molecule has 5 heteroatoms. The fraction of sp³-hybridized carbons (Fsp3) is 0.294. The topological polar surface area (TPSA) is 72.8 Å². The second kappa shape index (κ2) is 5.19. The Bertz CT molecular complexity index is 716. The lowest BCUT2D eigenvalue weighted by atomic mass is 9.81. The van der Waals surface area contributed by atoms with E-state index in [1.807, 2.05) is 6.07 Å². The summed E-state index contributed by atoms with van der Waals surface area (Å²) in [6.07, 6.45) is 1.67. The van der Waals surface area contributed by atoms with E-state index in [2.05, 4.69) is 0 Å². The van der Waals surface area contributed by atoms with Gasteiger partial charge >= 0.3 is 0 Å². The Morgan fingerprint density at radius 3 is 2.82 bits per heavy atom. The van der Waals surface area contributed by atoms with Gasteiger partial charge in [0.15, 0.2) is 17.3 Å². The Kier molecular flexibility index (Phi) is 3.47. The molecule has 2 aliphatic rings. The molecule has 1 aliphatic carbocycles. The summed E-state index contributed by atoms with van der Waals surface area (Å²) >= 11 is 0. The number of hydrogen-bond acceptors (Lipinski definition) is 5. The van der Waals surface area contributed by atoms with Crippen LogP contribution in [0.1, 0.15) is 22.8 Å². The van der Waals surface area contributed by atoms with Gasteiger partial charge < -0.3 is 14.6 Å². The predicted molar refractivity (Wildman–Crippen MR) is 78.2 cm³/mol. The minimum atomic E-state index is -1.68. The Hall–Kier alpha value is -2.24. The molecule has 0 amide bonds. The molecule has 3 rings (SSSR count). The molecule has 0 bridgehead atoms. The molecule has 2 unspecified atom stereocenters. The molecular weight excluding hydrogens is 284 g/mol. The van der Waals surface area contributed by atoms with E-state index in [0.717, 1.165) is 5.56 Å². The number of carbonyl (C=O) groups excluding carboxylic acids is 2. The molecule has 0 fully saturated rings. The van der Waals surface area contributed by atoms with Crippen LogP contribution in [0, 0.1) is 0 Å². The molecular formula is C17H16O5. The number of hydrogen-bond donors (Lipinski definition) is 1. The number of ether oxygens (including phenoxy) is 2. The quantitative estimate of drug-likeness (QED) is 0.897. The van der Waals surface area contributed by atoms with Gasteiger partial charge in [0, 0.05) is 18.2 Å². The normalized spacial score (nSPS) is 26.9. The zero-order valence-electron chi connectivity index (χ0n) is 12.3. The predicted octanol–water partition coefficient (Wildman–Crippen LogP) is 1.56. The van der Waals surface area contributed by atoms with Crippen molar-refractivity contribution in [2.24, 2.45) is 0 Å². The van der Waals surface area contributed by atoms with Crippen molar-refractivity contribution in [2.45, 2.75) is 25.2 Å². The zero-order valence-corrected chi connectivity index (χ0v) is 12.3. The number of Topliss-reactive ketones (excluding diaryl/α,β-unsaturated/α-hetero) is 2. The summed E-state index contributed by atoms with van der Waals surface area (Å²) in [6, 6.07) is 7.11. The van der Waals surface area contributed by atoms with Gasteiger partial charge in [-0.3, -0.25) is 9.59 Å². The number of allylic oxidation sites excluding steroid dienone is 2. The van der Waals surface area contributed by atoms with Gasteiger partial charge in [0.25, 0.3) is 0 Å². The van der Waals surface area contributed by atoms with Gasteiger partial charge in [0.2, 0.25) is 5.60 Å². The van der Waals surface area contributed by atoms with Crippen LogP contribution in [0.4, 0.5) is 0 Å². The van der Waals surface area contributed by atoms with E-state index in [-0.39, 0.29) is 23.7 Å². The van der Waals surface area contributed by atoms with E-state index in [1.54, 1.807) is 18.2 Å². The maximum absolute atomic E-state index is 12.8. The number of methoxy groups -OCH3 is 1. The first-order valence-electron chi connectivity index (χ1n) is 6.95. The third-order valence-electron chi connectivity index (χ3n) is 4.17. The van der Waals surface area contributed by atoms with Crippen molar-refractivity contribution < 1.29 is 24.2 Å². The Labute approximate surface area is 127 Å². The summed E-state index contributed by atoms with van der Waals surface area (Å²) in [6.45, 7) is 1.45. The molecule has 0 spiro atoms. The Morgan fingerprint density at radius 1 is 1.41 bits per heavy atom. The molecule has 0 saturated carbocycles. The summed E-state index contributed by atoms with van der Waals surface area (Å²) < 4.78 is 11.1. The first-order valence-corrected chi connectivity index (χ1v) is 6.95. The van der Waals surface area contributed by atoms with Crippen molar-refractivity contribution in [3.63, 3.8) is 0 Å². The second-order valence-electron chi connectivity index (χ2n) is 5.32. The van der Waals surface area contributed by atoms with Gasteiger partial charge in [-0.25, -0.2) is 0 Å². The molecule has 1 heterocycles. The third-order valence-corrected chi connectivity index (χ3v) is 4.17. The highest BCUT2D eigenvalue weighted by atomic mass is 16.6. The molecule has 5 nitrogen and oxygen atoms in total. The fourth-order valence-corrected chi connectivity index (χ4v) is 2.98. The van der Waals surface area contributed by atoms with E-state index >= 15 is 0 Å². The number of fused-ring (bicyclic) bond motifs is 1. The Morgan fingerprint density at radius 2 is 2.14 bits per heavy atom. The van der Waals surface area contributed by atoms with Gasteiger partial charge in [-0.2, -0.15) is 0 Å². The molecule has 0 saturated heterocycles.